The number of halogens is 1. The summed E-state index contributed by atoms with van der Waals surface area (Å²) in [6, 6.07) is 7.63. The van der Waals surface area contributed by atoms with Crippen LogP contribution in [0.2, 0.25) is 5.02 Å². The van der Waals surface area contributed by atoms with Crippen molar-refractivity contribution in [2.45, 2.75) is 11.4 Å². The maximum Gasteiger partial charge on any atom is 0.241 e. The standard InChI is InChI=1S/C12H12ClNO4S/c1-17-12-7-10(4-5-11(12)13)19(15,16)14-8-9-3-2-6-18-9/h2-7,14H,8H2,1H3. The molecule has 102 valence electrons. The summed E-state index contributed by atoms with van der Waals surface area (Å²) in [7, 11) is -2.21. The van der Waals surface area contributed by atoms with Crippen LogP contribution >= 0.6 is 11.6 Å². The third-order valence-corrected chi connectivity index (χ3v) is 4.16. The molecule has 2 aromatic rings. The summed E-state index contributed by atoms with van der Waals surface area (Å²) in [6.45, 7) is 0.0836. The van der Waals surface area contributed by atoms with E-state index in [1.54, 1.807) is 12.1 Å². The Morgan fingerprint density at radius 2 is 2.16 bits per heavy atom. The summed E-state index contributed by atoms with van der Waals surface area (Å²) in [5.74, 6) is 0.840. The number of nitrogens with one attached hydrogen (secondary N) is 1. The normalized spacial score (nSPS) is 11.5. The van der Waals surface area contributed by atoms with Gasteiger partial charge in [-0.3, -0.25) is 0 Å². The molecule has 0 amide bonds. The number of hydrogen-bond donors (Lipinski definition) is 1. The SMILES string of the molecule is COc1cc(S(=O)(=O)NCc2ccco2)ccc1Cl. The van der Waals surface area contributed by atoms with Crippen LogP contribution in [-0.2, 0) is 16.6 Å². The van der Waals surface area contributed by atoms with Crippen molar-refractivity contribution in [3.05, 3.63) is 47.4 Å². The molecule has 0 aliphatic heterocycles. The van der Waals surface area contributed by atoms with E-state index in [-0.39, 0.29) is 11.4 Å². The van der Waals surface area contributed by atoms with E-state index in [9.17, 15) is 8.42 Å². The van der Waals surface area contributed by atoms with Gasteiger partial charge in [0.1, 0.15) is 11.5 Å². The highest BCUT2D eigenvalue weighted by atomic mass is 35.5. The van der Waals surface area contributed by atoms with Gasteiger partial charge in [0.25, 0.3) is 0 Å². The molecular weight excluding hydrogens is 290 g/mol. The van der Waals surface area contributed by atoms with Gasteiger partial charge in [-0.25, -0.2) is 13.1 Å². The zero-order valence-electron chi connectivity index (χ0n) is 10.1. The second-order valence-electron chi connectivity index (χ2n) is 3.70. The first kappa shape index (κ1) is 13.9. The zero-order valence-corrected chi connectivity index (χ0v) is 11.7. The molecule has 0 atom stereocenters. The van der Waals surface area contributed by atoms with Crippen molar-refractivity contribution in [1.82, 2.24) is 4.72 Å². The molecule has 0 aliphatic rings. The number of ether oxygens (including phenoxy) is 1. The predicted octanol–water partition coefficient (Wildman–Crippen LogP) is 2.42. The third-order valence-electron chi connectivity index (χ3n) is 2.45. The van der Waals surface area contributed by atoms with Gasteiger partial charge in [0.05, 0.1) is 29.8 Å². The van der Waals surface area contributed by atoms with E-state index in [0.717, 1.165) is 0 Å². The number of hydrogen-bond acceptors (Lipinski definition) is 4. The number of rotatable bonds is 5. The Morgan fingerprint density at radius 3 is 2.79 bits per heavy atom. The fourth-order valence-electron chi connectivity index (χ4n) is 1.47. The van der Waals surface area contributed by atoms with Gasteiger partial charge in [0.2, 0.25) is 10.0 Å². The number of methoxy groups -OCH3 is 1. The molecule has 0 bridgehead atoms. The van der Waals surface area contributed by atoms with Crippen molar-refractivity contribution < 1.29 is 17.6 Å². The fourth-order valence-corrected chi connectivity index (χ4v) is 2.67. The summed E-state index contributed by atoms with van der Waals surface area (Å²) >= 11 is 5.85. The number of furan rings is 1. The molecule has 19 heavy (non-hydrogen) atoms. The highest BCUT2D eigenvalue weighted by Gasteiger charge is 2.16. The molecule has 2 rings (SSSR count). The smallest absolute Gasteiger partial charge is 0.241 e. The quantitative estimate of drug-likeness (QED) is 0.921. The average Bonchev–Trinajstić information content (AvgIpc) is 2.90. The van der Waals surface area contributed by atoms with Crippen LogP contribution in [0.15, 0.2) is 45.9 Å². The Morgan fingerprint density at radius 1 is 1.37 bits per heavy atom. The van der Waals surface area contributed by atoms with Gasteiger partial charge in [-0.05, 0) is 24.3 Å². The largest absolute Gasteiger partial charge is 0.495 e. The first-order chi connectivity index (χ1) is 9.03. The lowest BCUT2D eigenvalue weighted by Crippen LogP contribution is -2.23. The van der Waals surface area contributed by atoms with Crippen LogP contribution in [0, 0.1) is 0 Å². The minimum atomic E-state index is -3.63. The lowest BCUT2D eigenvalue weighted by atomic mass is 10.3. The molecule has 1 heterocycles. The van der Waals surface area contributed by atoms with Gasteiger partial charge in [-0.15, -0.1) is 0 Å². The Bertz CT molecular complexity index is 652. The Labute approximate surface area is 116 Å². The van der Waals surface area contributed by atoms with Crippen molar-refractivity contribution in [3.8, 4) is 5.75 Å². The van der Waals surface area contributed by atoms with E-state index in [0.29, 0.717) is 16.5 Å². The van der Waals surface area contributed by atoms with E-state index in [1.807, 2.05) is 0 Å². The summed E-state index contributed by atoms with van der Waals surface area (Å²) in [6.07, 6.45) is 1.48. The fraction of sp³-hybridized carbons (Fsp3) is 0.167. The molecule has 1 aromatic heterocycles. The van der Waals surface area contributed by atoms with Crippen molar-refractivity contribution >= 4 is 21.6 Å². The van der Waals surface area contributed by atoms with Crippen LogP contribution in [0.25, 0.3) is 0 Å². The predicted molar refractivity (Wildman–Crippen MR) is 70.7 cm³/mol. The van der Waals surface area contributed by atoms with Gasteiger partial charge in [-0.2, -0.15) is 0 Å². The van der Waals surface area contributed by atoms with Crippen LogP contribution in [0.3, 0.4) is 0 Å². The van der Waals surface area contributed by atoms with E-state index < -0.39 is 10.0 Å². The monoisotopic (exact) mass is 301 g/mol. The lowest BCUT2D eigenvalue weighted by molar-refractivity contribution is 0.413. The van der Waals surface area contributed by atoms with Crippen molar-refractivity contribution in [3.63, 3.8) is 0 Å². The summed E-state index contributed by atoms with van der Waals surface area (Å²) < 4.78 is 36.6. The lowest BCUT2D eigenvalue weighted by Gasteiger charge is -2.08. The topological polar surface area (TPSA) is 68.5 Å². The second kappa shape index (κ2) is 5.64. The van der Waals surface area contributed by atoms with Crippen LogP contribution in [-0.4, -0.2) is 15.5 Å². The number of sulfonamides is 1. The second-order valence-corrected chi connectivity index (χ2v) is 5.87. The molecule has 1 aromatic carbocycles. The van der Waals surface area contributed by atoms with E-state index in [2.05, 4.69) is 4.72 Å². The minimum absolute atomic E-state index is 0.0836. The van der Waals surface area contributed by atoms with Crippen molar-refractivity contribution in [1.29, 1.82) is 0 Å². The van der Waals surface area contributed by atoms with Gasteiger partial charge < -0.3 is 9.15 Å². The molecule has 0 saturated carbocycles. The van der Waals surface area contributed by atoms with Crippen molar-refractivity contribution in [2.24, 2.45) is 0 Å². The number of benzene rings is 1. The molecular formula is C12H12ClNO4S. The molecule has 0 unspecified atom stereocenters. The highest BCUT2D eigenvalue weighted by molar-refractivity contribution is 7.89. The molecule has 0 spiro atoms. The first-order valence-electron chi connectivity index (χ1n) is 5.38. The van der Waals surface area contributed by atoms with Crippen LogP contribution in [0.4, 0.5) is 0 Å². The molecule has 7 heteroatoms. The maximum absolute atomic E-state index is 12.1. The summed E-state index contributed by atoms with van der Waals surface area (Å²) in [5, 5.41) is 0.354. The average molecular weight is 302 g/mol. The van der Waals surface area contributed by atoms with Gasteiger partial charge in [0.15, 0.2) is 0 Å². The third kappa shape index (κ3) is 3.28. The van der Waals surface area contributed by atoms with Gasteiger partial charge in [-0.1, -0.05) is 11.6 Å². The molecule has 5 nitrogen and oxygen atoms in total. The summed E-state index contributed by atoms with van der Waals surface area (Å²) in [4.78, 5) is 0.0836. The minimum Gasteiger partial charge on any atom is -0.495 e. The maximum atomic E-state index is 12.1. The highest BCUT2D eigenvalue weighted by Crippen LogP contribution is 2.27. The van der Waals surface area contributed by atoms with Gasteiger partial charge >= 0.3 is 0 Å². The van der Waals surface area contributed by atoms with Crippen LogP contribution < -0.4 is 9.46 Å². The summed E-state index contributed by atoms with van der Waals surface area (Å²) in [5.41, 5.74) is 0. The molecule has 0 radical (unpaired) electrons. The van der Waals surface area contributed by atoms with E-state index in [1.165, 1.54) is 31.6 Å². The van der Waals surface area contributed by atoms with E-state index >= 15 is 0 Å². The molecule has 1 N–H and O–H groups in total. The Hall–Kier alpha value is -1.50. The molecule has 0 saturated heterocycles. The van der Waals surface area contributed by atoms with Crippen LogP contribution in [0.5, 0.6) is 5.75 Å². The molecule has 0 aliphatic carbocycles. The van der Waals surface area contributed by atoms with Gasteiger partial charge in [0, 0.05) is 6.07 Å². The van der Waals surface area contributed by atoms with Crippen molar-refractivity contribution in [2.75, 3.05) is 7.11 Å². The Kier molecular flexibility index (Phi) is 4.14. The van der Waals surface area contributed by atoms with E-state index in [4.69, 9.17) is 20.8 Å². The zero-order chi connectivity index (χ0) is 13.9. The van der Waals surface area contributed by atoms with Crippen LogP contribution in [0.1, 0.15) is 5.76 Å². The Balaban J connectivity index is 2.19. The molecule has 0 fully saturated rings. The first-order valence-corrected chi connectivity index (χ1v) is 7.24.